The summed E-state index contributed by atoms with van der Waals surface area (Å²) in [4.78, 5) is 10.9. The van der Waals surface area contributed by atoms with E-state index in [1.807, 2.05) is 6.92 Å². The highest BCUT2D eigenvalue weighted by molar-refractivity contribution is 6.34. The summed E-state index contributed by atoms with van der Waals surface area (Å²) in [6, 6.07) is 0. The van der Waals surface area contributed by atoms with Crippen molar-refractivity contribution in [2.45, 2.75) is 46.6 Å². The Balaban J connectivity index is 3.42. The lowest BCUT2D eigenvalue weighted by Gasteiger charge is -2.14. The minimum absolute atomic E-state index is 0.393. The highest BCUT2D eigenvalue weighted by Crippen LogP contribution is 2.33. The maximum absolute atomic E-state index is 10.9. The van der Waals surface area contributed by atoms with Gasteiger partial charge in [-0.05, 0) is 26.2 Å². The monoisotopic (exact) mass is 227 g/mol. The first-order chi connectivity index (χ1) is 7.08. The van der Waals surface area contributed by atoms with Crippen molar-refractivity contribution in [1.29, 1.82) is 0 Å². The van der Waals surface area contributed by atoms with Gasteiger partial charge in [0.15, 0.2) is 6.29 Å². The molecule has 0 spiro atoms. The summed E-state index contributed by atoms with van der Waals surface area (Å²) in [7, 11) is 0. The van der Waals surface area contributed by atoms with Crippen LogP contribution in [0.15, 0.2) is 0 Å². The fraction of sp³-hybridized carbons (Fsp3) is 0.583. The van der Waals surface area contributed by atoms with Gasteiger partial charge in [-0.15, -0.1) is 0 Å². The van der Waals surface area contributed by atoms with Crippen LogP contribution in [0.1, 0.15) is 54.9 Å². The van der Waals surface area contributed by atoms with Crippen molar-refractivity contribution in [3.05, 3.63) is 22.0 Å². The predicted octanol–water partition coefficient (Wildman–Crippen LogP) is 3.80. The Morgan fingerprint density at radius 1 is 1.47 bits per heavy atom. The molecule has 84 valence electrons. The fourth-order valence-corrected chi connectivity index (χ4v) is 2.43. The van der Waals surface area contributed by atoms with E-state index >= 15 is 0 Å². The summed E-state index contributed by atoms with van der Waals surface area (Å²) in [6.07, 6.45) is 1.89. The van der Waals surface area contributed by atoms with E-state index in [9.17, 15) is 4.79 Å². The smallest absolute Gasteiger partial charge is 0.153 e. The zero-order valence-electron chi connectivity index (χ0n) is 9.80. The SMILES string of the molecule is CCC(C)c1c(Cl)c(C=O)c(C)n1CC. The minimum atomic E-state index is 0.393. The van der Waals surface area contributed by atoms with Gasteiger partial charge < -0.3 is 4.57 Å². The van der Waals surface area contributed by atoms with E-state index in [-0.39, 0.29) is 0 Å². The summed E-state index contributed by atoms with van der Waals surface area (Å²) in [5.41, 5.74) is 2.72. The zero-order valence-corrected chi connectivity index (χ0v) is 10.6. The van der Waals surface area contributed by atoms with Crippen molar-refractivity contribution in [3.8, 4) is 0 Å². The Bertz CT molecular complexity index is 368. The molecule has 0 amide bonds. The molecule has 15 heavy (non-hydrogen) atoms. The van der Waals surface area contributed by atoms with E-state index in [1.165, 1.54) is 0 Å². The van der Waals surface area contributed by atoms with Gasteiger partial charge in [0.1, 0.15) is 0 Å². The normalized spacial score (nSPS) is 12.9. The number of carbonyl (C=O) groups is 1. The molecule has 0 aromatic carbocycles. The molecule has 1 aromatic heterocycles. The maximum atomic E-state index is 10.9. The molecule has 0 saturated heterocycles. The van der Waals surface area contributed by atoms with Gasteiger partial charge in [-0.1, -0.05) is 25.4 Å². The lowest BCUT2D eigenvalue weighted by Crippen LogP contribution is -2.05. The molecule has 1 atom stereocenters. The van der Waals surface area contributed by atoms with Crippen LogP contribution in [-0.4, -0.2) is 10.9 Å². The molecule has 0 fully saturated rings. The average Bonchev–Trinajstić information content (AvgIpc) is 2.48. The first kappa shape index (κ1) is 12.3. The molecule has 1 unspecified atom stereocenters. The Hall–Kier alpha value is -0.760. The molecule has 0 saturated carbocycles. The lowest BCUT2D eigenvalue weighted by molar-refractivity contribution is 0.112. The van der Waals surface area contributed by atoms with E-state index in [0.29, 0.717) is 16.5 Å². The minimum Gasteiger partial charge on any atom is -0.347 e. The van der Waals surface area contributed by atoms with Crippen molar-refractivity contribution in [3.63, 3.8) is 0 Å². The number of hydrogen-bond acceptors (Lipinski definition) is 1. The number of hydrogen-bond donors (Lipinski definition) is 0. The second kappa shape index (κ2) is 4.84. The third kappa shape index (κ3) is 1.96. The highest BCUT2D eigenvalue weighted by Gasteiger charge is 2.20. The number of rotatable bonds is 4. The fourth-order valence-electron chi connectivity index (χ4n) is 1.96. The van der Waals surface area contributed by atoms with E-state index in [4.69, 9.17) is 11.6 Å². The van der Waals surface area contributed by atoms with Crippen molar-refractivity contribution in [1.82, 2.24) is 4.57 Å². The van der Waals surface area contributed by atoms with Crippen molar-refractivity contribution in [2.24, 2.45) is 0 Å². The van der Waals surface area contributed by atoms with Gasteiger partial charge in [-0.25, -0.2) is 0 Å². The Labute approximate surface area is 96.2 Å². The number of nitrogens with zero attached hydrogens (tertiary/aromatic N) is 1. The largest absolute Gasteiger partial charge is 0.347 e. The molecule has 0 aliphatic carbocycles. The number of carbonyl (C=O) groups excluding carboxylic acids is 1. The van der Waals surface area contributed by atoms with Crippen LogP contribution in [0, 0.1) is 6.92 Å². The molecule has 1 heterocycles. The predicted molar refractivity (Wildman–Crippen MR) is 63.9 cm³/mol. The molecule has 3 heteroatoms. The van der Waals surface area contributed by atoms with Crippen LogP contribution in [0.2, 0.25) is 5.02 Å². The Kier molecular flexibility index (Phi) is 3.97. The van der Waals surface area contributed by atoms with E-state index in [1.54, 1.807) is 0 Å². The second-order valence-electron chi connectivity index (χ2n) is 3.87. The van der Waals surface area contributed by atoms with Crippen LogP contribution in [0.25, 0.3) is 0 Å². The zero-order chi connectivity index (χ0) is 11.6. The summed E-state index contributed by atoms with van der Waals surface area (Å²) >= 11 is 6.24. The number of aromatic nitrogens is 1. The van der Waals surface area contributed by atoms with Gasteiger partial charge in [0, 0.05) is 17.9 Å². The lowest BCUT2D eigenvalue weighted by atomic mass is 10.0. The van der Waals surface area contributed by atoms with Crippen LogP contribution >= 0.6 is 11.6 Å². The van der Waals surface area contributed by atoms with Crippen LogP contribution < -0.4 is 0 Å². The van der Waals surface area contributed by atoms with Crippen LogP contribution in [0.4, 0.5) is 0 Å². The Morgan fingerprint density at radius 2 is 2.07 bits per heavy atom. The van der Waals surface area contributed by atoms with Gasteiger partial charge in [0.2, 0.25) is 0 Å². The molecule has 2 nitrogen and oxygen atoms in total. The molecule has 0 radical (unpaired) electrons. The standard InChI is InChI=1S/C12H18ClNO/c1-5-8(3)12-11(13)10(7-15)9(4)14(12)6-2/h7-8H,5-6H2,1-4H3. The second-order valence-corrected chi connectivity index (χ2v) is 4.25. The molecule has 0 aliphatic heterocycles. The first-order valence-corrected chi connectivity index (χ1v) is 5.79. The summed E-state index contributed by atoms with van der Waals surface area (Å²) in [5, 5.41) is 0.638. The van der Waals surface area contributed by atoms with Crippen molar-refractivity contribution < 1.29 is 4.79 Å². The third-order valence-electron chi connectivity index (χ3n) is 3.06. The van der Waals surface area contributed by atoms with Gasteiger partial charge in [-0.2, -0.15) is 0 Å². The van der Waals surface area contributed by atoms with E-state index in [2.05, 4.69) is 25.3 Å². The quantitative estimate of drug-likeness (QED) is 0.718. The van der Waals surface area contributed by atoms with Crippen LogP contribution in [0.3, 0.4) is 0 Å². The first-order valence-electron chi connectivity index (χ1n) is 5.42. The van der Waals surface area contributed by atoms with Gasteiger partial charge in [0.25, 0.3) is 0 Å². The molecule has 0 aliphatic rings. The van der Waals surface area contributed by atoms with Crippen molar-refractivity contribution in [2.75, 3.05) is 0 Å². The Morgan fingerprint density at radius 3 is 2.47 bits per heavy atom. The average molecular weight is 228 g/mol. The highest BCUT2D eigenvalue weighted by atomic mass is 35.5. The summed E-state index contributed by atoms with van der Waals surface area (Å²) in [5.74, 6) is 0.393. The number of aldehydes is 1. The summed E-state index contributed by atoms with van der Waals surface area (Å²) in [6.45, 7) is 9.15. The maximum Gasteiger partial charge on any atom is 0.153 e. The van der Waals surface area contributed by atoms with E-state index in [0.717, 1.165) is 30.6 Å². The third-order valence-corrected chi connectivity index (χ3v) is 3.46. The topological polar surface area (TPSA) is 22.0 Å². The van der Waals surface area contributed by atoms with Crippen LogP contribution in [-0.2, 0) is 6.54 Å². The molecule has 1 rings (SSSR count). The van der Waals surface area contributed by atoms with Gasteiger partial charge >= 0.3 is 0 Å². The molecular weight excluding hydrogens is 210 g/mol. The summed E-state index contributed by atoms with van der Waals surface area (Å²) < 4.78 is 2.14. The molecular formula is C12H18ClNO. The van der Waals surface area contributed by atoms with E-state index < -0.39 is 0 Å². The molecule has 0 N–H and O–H groups in total. The van der Waals surface area contributed by atoms with Crippen LogP contribution in [0.5, 0.6) is 0 Å². The molecule has 0 bridgehead atoms. The number of halogens is 1. The van der Waals surface area contributed by atoms with Gasteiger partial charge in [0.05, 0.1) is 10.6 Å². The van der Waals surface area contributed by atoms with Crippen molar-refractivity contribution >= 4 is 17.9 Å². The van der Waals surface area contributed by atoms with Gasteiger partial charge in [-0.3, -0.25) is 4.79 Å². The molecule has 1 aromatic rings.